The number of aryl methyl sites for hydroxylation is 1. The summed E-state index contributed by atoms with van der Waals surface area (Å²) in [4.78, 5) is 2.49. The predicted octanol–water partition coefficient (Wildman–Crippen LogP) is 2.72. The molecule has 2 rings (SSSR count). The van der Waals surface area contributed by atoms with E-state index in [0.29, 0.717) is 0 Å². The van der Waals surface area contributed by atoms with Gasteiger partial charge in [0, 0.05) is 48.7 Å². The number of hydrogen-bond donors (Lipinski definition) is 2. The van der Waals surface area contributed by atoms with Gasteiger partial charge in [0.15, 0.2) is 0 Å². The first kappa shape index (κ1) is 16.0. The van der Waals surface area contributed by atoms with Crippen LogP contribution in [0.5, 0.6) is 0 Å². The van der Waals surface area contributed by atoms with Crippen molar-refractivity contribution in [3.8, 4) is 0 Å². The Kier molecular flexibility index (Phi) is 5.24. The van der Waals surface area contributed by atoms with Crippen LogP contribution in [0.15, 0.2) is 22.7 Å². The van der Waals surface area contributed by atoms with Gasteiger partial charge in [-0.1, -0.05) is 41.9 Å². The van der Waals surface area contributed by atoms with Crippen LogP contribution in [0, 0.1) is 12.3 Å². The van der Waals surface area contributed by atoms with E-state index < -0.39 is 0 Å². The van der Waals surface area contributed by atoms with Crippen LogP contribution in [0.4, 0.5) is 0 Å². The van der Waals surface area contributed by atoms with Crippen LogP contribution < -0.4 is 5.32 Å². The summed E-state index contributed by atoms with van der Waals surface area (Å²) in [6.07, 6.45) is 0. The molecule has 1 heterocycles. The van der Waals surface area contributed by atoms with E-state index in [1.807, 2.05) is 0 Å². The molecule has 0 amide bonds. The second-order valence-corrected chi connectivity index (χ2v) is 7.21. The third-order valence-corrected chi connectivity index (χ3v) is 4.80. The number of piperazine rings is 1. The van der Waals surface area contributed by atoms with E-state index in [0.717, 1.165) is 30.7 Å². The van der Waals surface area contributed by atoms with Crippen LogP contribution in [0.3, 0.4) is 0 Å². The summed E-state index contributed by atoms with van der Waals surface area (Å²) >= 11 is 3.71. The van der Waals surface area contributed by atoms with Gasteiger partial charge in [0.25, 0.3) is 0 Å². The van der Waals surface area contributed by atoms with Crippen molar-refractivity contribution in [2.75, 3.05) is 32.8 Å². The van der Waals surface area contributed by atoms with Crippen LogP contribution in [0.1, 0.15) is 31.0 Å². The van der Waals surface area contributed by atoms with Crippen molar-refractivity contribution in [3.05, 3.63) is 33.8 Å². The summed E-state index contributed by atoms with van der Waals surface area (Å²) in [5.74, 6) is 0. The number of benzene rings is 1. The summed E-state index contributed by atoms with van der Waals surface area (Å²) in [6.45, 7) is 10.7. The van der Waals surface area contributed by atoms with Crippen molar-refractivity contribution in [2.45, 2.75) is 26.8 Å². The van der Waals surface area contributed by atoms with Crippen molar-refractivity contribution in [1.82, 2.24) is 10.2 Å². The van der Waals surface area contributed by atoms with Gasteiger partial charge in [0.05, 0.1) is 0 Å². The van der Waals surface area contributed by atoms with Gasteiger partial charge in [0.1, 0.15) is 0 Å². The second-order valence-electron chi connectivity index (χ2n) is 6.36. The third kappa shape index (κ3) is 3.42. The molecule has 1 aliphatic rings. The Hall–Kier alpha value is -0.420. The highest BCUT2D eigenvalue weighted by Gasteiger charge is 2.36. The van der Waals surface area contributed by atoms with Crippen molar-refractivity contribution < 1.29 is 5.11 Å². The summed E-state index contributed by atoms with van der Waals surface area (Å²) < 4.78 is 1.14. The molecule has 0 unspecified atom stereocenters. The Morgan fingerprint density at radius 2 is 2.00 bits per heavy atom. The summed E-state index contributed by atoms with van der Waals surface area (Å²) in [7, 11) is 0. The van der Waals surface area contributed by atoms with Crippen molar-refractivity contribution in [2.24, 2.45) is 5.41 Å². The summed E-state index contributed by atoms with van der Waals surface area (Å²) in [5, 5.41) is 13.2. The summed E-state index contributed by atoms with van der Waals surface area (Å²) in [5.41, 5.74) is 2.35. The van der Waals surface area contributed by atoms with E-state index >= 15 is 0 Å². The molecule has 0 aromatic heterocycles. The highest BCUT2D eigenvalue weighted by Crippen LogP contribution is 2.41. The molecule has 1 atom stereocenters. The quantitative estimate of drug-likeness (QED) is 0.884. The largest absolute Gasteiger partial charge is 0.396 e. The molecule has 0 spiro atoms. The number of nitrogens with zero attached hydrogens (tertiary/aromatic N) is 1. The highest BCUT2D eigenvalue weighted by atomic mass is 79.9. The zero-order valence-electron chi connectivity index (χ0n) is 12.6. The first-order chi connectivity index (χ1) is 9.45. The van der Waals surface area contributed by atoms with Crippen LogP contribution in [0.2, 0.25) is 0 Å². The standard InChI is InChI=1S/C16H25BrN2O/c1-12-4-5-13(14(17)10-12)15(16(2,3)11-20)19-8-6-18-7-9-19/h4-5,10,15,18,20H,6-9,11H2,1-3H3/t15-/m0/s1. The average Bonchev–Trinajstić information content (AvgIpc) is 2.43. The Morgan fingerprint density at radius 3 is 2.55 bits per heavy atom. The van der Waals surface area contributed by atoms with Crippen LogP contribution in [0.25, 0.3) is 0 Å². The maximum atomic E-state index is 9.84. The molecule has 3 nitrogen and oxygen atoms in total. The lowest BCUT2D eigenvalue weighted by Crippen LogP contribution is -2.49. The lowest BCUT2D eigenvalue weighted by Gasteiger charge is -2.44. The number of halogens is 1. The van der Waals surface area contributed by atoms with Crippen molar-refractivity contribution in [1.29, 1.82) is 0 Å². The number of nitrogens with one attached hydrogen (secondary N) is 1. The number of aliphatic hydroxyl groups excluding tert-OH is 1. The molecular weight excluding hydrogens is 316 g/mol. The van der Waals surface area contributed by atoms with Crippen LogP contribution >= 0.6 is 15.9 Å². The van der Waals surface area contributed by atoms with E-state index in [1.165, 1.54) is 11.1 Å². The number of aliphatic hydroxyl groups is 1. The van der Waals surface area contributed by atoms with Crippen LogP contribution in [-0.4, -0.2) is 42.8 Å². The van der Waals surface area contributed by atoms with Crippen molar-refractivity contribution >= 4 is 15.9 Å². The molecule has 1 aromatic rings. The van der Waals surface area contributed by atoms with Gasteiger partial charge in [-0.15, -0.1) is 0 Å². The molecule has 4 heteroatoms. The fourth-order valence-electron chi connectivity index (χ4n) is 2.99. The Balaban J connectivity index is 2.39. The minimum absolute atomic E-state index is 0.172. The van der Waals surface area contributed by atoms with E-state index in [4.69, 9.17) is 0 Å². The van der Waals surface area contributed by atoms with Gasteiger partial charge in [-0.2, -0.15) is 0 Å². The van der Waals surface area contributed by atoms with Gasteiger partial charge in [0.2, 0.25) is 0 Å². The smallest absolute Gasteiger partial charge is 0.0500 e. The van der Waals surface area contributed by atoms with Gasteiger partial charge in [-0.3, -0.25) is 4.90 Å². The SMILES string of the molecule is Cc1ccc([C@H](N2CCNCC2)C(C)(C)CO)c(Br)c1. The van der Waals surface area contributed by atoms with Crippen LogP contribution in [-0.2, 0) is 0 Å². The Morgan fingerprint density at radius 1 is 1.35 bits per heavy atom. The zero-order chi connectivity index (χ0) is 14.8. The first-order valence-electron chi connectivity index (χ1n) is 7.27. The number of hydrogen-bond acceptors (Lipinski definition) is 3. The molecule has 1 aliphatic heterocycles. The minimum atomic E-state index is -0.172. The molecular formula is C16H25BrN2O. The Labute approximate surface area is 130 Å². The van der Waals surface area contributed by atoms with E-state index in [-0.39, 0.29) is 18.1 Å². The molecule has 0 saturated carbocycles. The lowest BCUT2D eigenvalue weighted by molar-refractivity contribution is 0.0301. The normalized spacial score (nSPS) is 19.1. The molecule has 1 aromatic carbocycles. The minimum Gasteiger partial charge on any atom is -0.396 e. The van der Waals surface area contributed by atoms with Gasteiger partial charge >= 0.3 is 0 Å². The fraction of sp³-hybridized carbons (Fsp3) is 0.625. The predicted molar refractivity (Wildman–Crippen MR) is 86.9 cm³/mol. The Bertz CT molecular complexity index is 456. The summed E-state index contributed by atoms with van der Waals surface area (Å²) in [6, 6.07) is 6.74. The maximum Gasteiger partial charge on any atom is 0.0500 e. The molecule has 112 valence electrons. The zero-order valence-corrected chi connectivity index (χ0v) is 14.2. The molecule has 1 fully saturated rings. The molecule has 0 radical (unpaired) electrons. The van der Waals surface area contributed by atoms with E-state index in [1.54, 1.807) is 0 Å². The van der Waals surface area contributed by atoms with Crippen molar-refractivity contribution in [3.63, 3.8) is 0 Å². The lowest BCUT2D eigenvalue weighted by atomic mass is 9.79. The third-order valence-electron chi connectivity index (χ3n) is 4.12. The average molecular weight is 341 g/mol. The van der Waals surface area contributed by atoms with Gasteiger partial charge < -0.3 is 10.4 Å². The molecule has 0 bridgehead atoms. The van der Waals surface area contributed by atoms with E-state index in [2.05, 4.69) is 65.1 Å². The number of rotatable bonds is 4. The second kappa shape index (κ2) is 6.56. The molecule has 1 saturated heterocycles. The maximum absolute atomic E-state index is 9.84. The van der Waals surface area contributed by atoms with Gasteiger partial charge in [-0.05, 0) is 24.1 Å². The highest BCUT2D eigenvalue weighted by molar-refractivity contribution is 9.10. The van der Waals surface area contributed by atoms with E-state index in [9.17, 15) is 5.11 Å². The molecule has 0 aliphatic carbocycles. The topological polar surface area (TPSA) is 35.5 Å². The monoisotopic (exact) mass is 340 g/mol. The van der Waals surface area contributed by atoms with Gasteiger partial charge in [-0.25, -0.2) is 0 Å². The molecule has 20 heavy (non-hydrogen) atoms. The fourth-order valence-corrected chi connectivity index (χ4v) is 3.70. The first-order valence-corrected chi connectivity index (χ1v) is 8.06. The molecule has 2 N–H and O–H groups in total.